The summed E-state index contributed by atoms with van der Waals surface area (Å²) < 4.78 is 0. The van der Waals surface area contributed by atoms with Gasteiger partial charge in [0.25, 0.3) is 5.91 Å². The Labute approximate surface area is 161 Å². The van der Waals surface area contributed by atoms with Crippen molar-refractivity contribution in [3.05, 3.63) is 78.0 Å². The van der Waals surface area contributed by atoms with Crippen molar-refractivity contribution in [3.63, 3.8) is 0 Å². The van der Waals surface area contributed by atoms with Crippen molar-refractivity contribution in [3.8, 4) is 0 Å². The van der Waals surface area contributed by atoms with E-state index in [0.29, 0.717) is 16.3 Å². The third-order valence-corrected chi connectivity index (χ3v) is 5.42. The Bertz CT molecular complexity index is 1040. The number of hydrogen-bond acceptors (Lipinski definition) is 4. The molecule has 134 valence electrons. The standard InChI is InChI=1S/C21H17N3O2S/c1-14-7-2-4-9-16(14)23-19(25)13-24-17-10-6-12-22-20(17)27-18-11-5-3-8-15(18)21(24)26/h2-12H,13H2,1H3,(H,23,25). The molecule has 1 aliphatic rings. The summed E-state index contributed by atoms with van der Waals surface area (Å²) in [5.41, 5.74) is 2.93. The first-order chi connectivity index (χ1) is 13.1. The maximum atomic E-state index is 13.2. The molecule has 4 rings (SSSR count). The lowest BCUT2D eigenvalue weighted by Crippen LogP contribution is -2.38. The molecule has 0 saturated heterocycles. The van der Waals surface area contributed by atoms with Crippen molar-refractivity contribution < 1.29 is 9.59 Å². The van der Waals surface area contributed by atoms with Crippen LogP contribution in [0.2, 0.25) is 0 Å². The van der Waals surface area contributed by atoms with E-state index in [0.717, 1.165) is 16.1 Å². The van der Waals surface area contributed by atoms with Crippen LogP contribution in [-0.4, -0.2) is 23.3 Å². The van der Waals surface area contributed by atoms with Gasteiger partial charge in [-0.2, -0.15) is 0 Å². The van der Waals surface area contributed by atoms with Crippen LogP contribution < -0.4 is 10.2 Å². The fourth-order valence-electron chi connectivity index (χ4n) is 2.96. The van der Waals surface area contributed by atoms with Crippen LogP contribution >= 0.6 is 11.8 Å². The minimum atomic E-state index is -0.253. The van der Waals surface area contributed by atoms with Crippen molar-refractivity contribution in [1.82, 2.24) is 4.98 Å². The SMILES string of the molecule is Cc1ccccc1NC(=O)CN1C(=O)c2ccccc2Sc2ncccc21. The zero-order chi connectivity index (χ0) is 18.8. The first kappa shape index (κ1) is 17.3. The van der Waals surface area contributed by atoms with E-state index < -0.39 is 0 Å². The van der Waals surface area contributed by atoms with Gasteiger partial charge in [-0.05, 0) is 42.8 Å². The fraction of sp³-hybridized carbons (Fsp3) is 0.0952. The number of carbonyl (C=O) groups excluding carboxylic acids is 2. The Morgan fingerprint density at radius 2 is 1.85 bits per heavy atom. The van der Waals surface area contributed by atoms with Gasteiger partial charge >= 0.3 is 0 Å². The number of fused-ring (bicyclic) bond motifs is 2. The number of carbonyl (C=O) groups is 2. The number of pyridine rings is 1. The number of benzene rings is 2. The summed E-state index contributed by atoms with van der Waals surface area (Å²) in [6.07, 6.45) is 1.69. The molecule has 0 spiro atoms. The zero-order valence-electron chi connectivity index (χ0n) is 14.7. The summed E-state index contributed by atoms with van der Waals surface area (Å²) in [4.78, 5) is 32.6. The molecule has 27 heavy (non-hydrogen) atoms. The molecule has 2 heterocycles. The van der Waals surface area contributed by atoms with Crippen molar-refractivity contribution in [2.24, 2.45) is 0 Å². The lowest BCUT2D eigenvalue weighted by Gasteiger charge is -2.22. The van der Waals surface area contributed by atoms with E-state index in [2.05, 4.69) is 10.3 Å². The molecule has 0 bridgehead atoms. The van der Waals surface area contributed by atoms with E-state index >= 15 is 0 Å². The van der Waals surface area contributed by atoms with Gasteiger partial charge in [0.2, 0.25) is 5.91 Å². The molecule has 0 atom stereocenters. The molecule has 0 aliphatic carbocycles. The third-order valence-electron chi connectivity index (χ3n) is 4.33. The van der Waals surface area contributed by atoms with E-state index in [1.54, 1.807) is 18.3 Å². The predicted molar refractivity (Wildman–Crippen MR) is 106 cm³/mol. The Morgan fingerprint density at radius 1 is 1.07 bits per heavy atom. The van der Waals surface area contributed by atoms with Crippen molar-refractivity contribution in [2.75, 3.05) is 16.8 Å². The second-order valence-corrected chi connectivity index (χ2v) is 7.21. The van der Waals surface area contributed by atoms with Gasteiger partial charge in [0.05, 0.1) is 11.3 Å². The number of aromatic nitrogens is 1. The summed E-state index contributed by atoms with van der Waals surface area (Å²) in [6, 6.07) is 18.5. The molecule has 2 aromatic carbocycles. The lowest BCUT2D eigenvalue weighted by atomic mass is 10.2. The number of nitrogens with zero attached hydrogens (tertiary/aromatic N) is 2. The van der Waals surface area contributed by atoms with Crippen LogP contribution in [0.15, 0.2) is 76.8 Å². The molecule has 1 N–H and O–H groups in total. The van der Waals surface area contributed by atoms with Crippen LogP contribution in [-0.2, 0) is 4.79 Å². The molecule has 1 aliphatic heterocycles. The Balaban J connectivity index is 1.67. The highest BCUT2D eigenvalue weighted by Crippen LogP contribution is 2.39. The molecule has 1 aromatic heterocycles. The van der Waals surface area contributed by atoms with Crippen LogP contribution in [0.4, 0.5) is 11.4 Å². The smallest absolute Gasteiger partial charge is 0.259 e. The van der Waals surface area contributed by atoms with E-state index in [4.69, 9.17) is 0 Å². The van der Waals surface area contributed by atoms with Gasteiger partial charge in [-0.1, -0.05) is 42.1 Å². The minimum absolute atomic E-state index is 0.0826. The highest BCUT2D eigenvalue weighted by Gasteiger charge is 2.29. The van der Waals surface area contributed by atoms with Gasteiger partial charge in [-0.3, -0.25) is 14.5 Å². The highest BCUT2D eigenvalue weighted by atomic mass is 32.2. The molecule has 2 amide bonds. The number of nitrogens with one attached hydrogen (secondary N) is 1. The van der Waals surface area contributed by atoms with Gasteiger partial charge in [0.15, 0.2) is 0 Å². The van der Waals surface area contributed by atoms with E-state index in [1.165, 1.54) is 16.7 Å². The van der Waals surface area contributed by atoms with E-state index in [9.17, 15) is 9.59 Å². The molecule has 0 radical (unpaired) electrons. The topological polar surface area (TPSA) is 62.3 Å². The predicted octanol–water partition coefficient (Wildman–Crippen LogP) is 4.14. The van der Waals surface area contributed by atoms with Gasteiger partial charge in [0, 0.05) is 16.8 Å². The van der Waals surface area contributed by atoms with Crippen molar-refractivity contribution in [1.29, 1.82) is 0 Å². The van der Waals surface area contributed by atoms with E-state index in [1.807, 2.05) is 55.5 Å². The van der Waals surface area contributed by atoms with Crippen LogP contribution in [0.25, 0.3) is 0 Å². The number of para-hydroxylation sites is 1. The minimum Gasteiger partial charge on any atom is -0.324 e. The second kappa shape index (κ2) is 7.25. The van der Waals surface area contributed by atoms with Crippen molar-refractivity contribution >= 4 is 35.0 Å². The molecule has 3 aromatic rings. The lowest BCUT2D eigenvalue weighted by molar-refractivity contribution is -0.114. The number of aryl methyl sites for hydroxylation is 1. The zero-order valence-corrected chi connectivity index (χ0v) is 15.5. The maximum Gasteiger partial charge on any atom is 0.259 e. The summed E-state index contributed by atoms with van der Waals surface area (Å²) in [6.45, 7) is 1.85. The Hall–Kier alpha value is -3.12. The van der Waals surface area contributed by atoms with Gasteiger partial charge in [0.1, 0.15) is 11.6 Å². The number of hydrogen-bond donors (Lipinski definition) is 1. The second-order valence-electron chi connectivity index (χ2n) is 6.18. The van der Waals surface area contributed by atoms with Gasteiger partial charge in [-0.15, -0.1) is 0 Å². The molecule has 0 fully saturated rings. The molecular formula is C21H17N3O2S. The summed E-state index contributed by atoms with van der Waals surface area (Å²) in [5, 5.41) is 3.60. The monoisotopic (exact) mass is 375 g/mol. The quantitative estimate of drug-likeness (QED) is 0.747. The van der Waals surface area contributed by atoms with Crippen LogP contribution in [0, 0.1) is 6.92 Å². The van der Waals surface area contributed by atoms with Gasteiger partial charge < -0.3 is 5.32 Å². The summed E-state index contributed by atoms with van der Waals surface area (Å²) in [5.74, 6) is -0.457. The molecule has 0 saturated carbocycles. The molecule has 6 heteroatoms. The first-order valence-electron chi connectivity index (χ1n) is 8.53. The molecule has 5 nitrogen and oxygen atoms in total. The van der Waals surface area contributed by atoms with Crippen LogP contribution in [0.3, 0.4) is 0 Å². The van der Waals surface area contributed by atoms with Crippen LogP contribution in [0.5, 0.6) is 0 Å². The number of rotatable bonds is 3. The highest BCUT2D eigenvalue weighted by molar-refractivity contribution is 7.99. The average Bonchev–Trinajstić information content (AvgIpc) is 2.79. The van der Waals surface area contributed by atoms with Crippen LogP contribution in [0.1, 0.15) is 15.9 Å². The number of amides is 2. The Kier molecular flexibility index (Phi) is 4.64. The van der Waals surface area contributed by atoms with Crippen molar-refractivity contribution in [2.45, 2.75) is 16.8 Å². The molecule has 0 unspecified atom stereocenters. The average molecular weight is 375 g/mol. The van der Waals surface area contributed by atoms with E-state index in [-0.39, 0.29) is 18.4 Å². The largest absolute Gasteiger partial charge is 0.324 e. The summed E-state index contributed by atoms with van der Waals surface area (Å²) >= 11 is 1.44. The summed E-state index contributed by atoms with van der Waals surface area (Å²) in [7, 11) is 0. The Morgan fingerprint density at radius 3 is 2.70 bits per heavy atom. The van der Waals surface area contributed by atoms with Gasteiger partial charge in [-0.25, -0.2) is 4.98 Å². The third kappa shape index (κ3) is 3.44. The number of anilines is 2. The first-order valence-corrected chi connectivity index (χ1v) is 9.34. The molecular weight excluding hydrogens is 358 g/mol. The normalized spacial score (nSPS) is 12.8. The fourth-order valence-corrected chi connectivity index (χ4v) is 3.98. The maximum absolute atomic E-state index is 13.2.